The molecule has 2 unspecified atom stereocenters. The maximum Gasteiger partial charge on any atom is 0.310 e. The molecule has 0 saturated carbocycles. The van der Waals surface area contributed by atoms with Gasteiger partial charge in [0.25, 0.3) is 7.52 Å². The fourth-order valence-corrected chi connectivity index (χ4v) is 3.23. The number of anilines is 1. The summed E-state index contributed by atoms with van der Waals surface area (Å²) in [6.45, 7) is 1.55. The summed E-state index contributed by atoms with van der Waals surface area (Å²) in [6, 6.07) is 12.0. The summed E-state index contributed by atoms with van der Waals surface area (Å²) in [5, 5.41) is 11.5. The van der Waals surface area contributed by atoms with E-state index in [9.17, 15) is 14.3 Å². The number of aliphatic carboxylic acids is 1. The average Bonchev–Trinajstić information content (AvgIpc) is 2.46. The summed E-state index contributed by atoms with van der Waals surface area (Å²) in [7, 11) is -3.67. The highest BCUT2D eigenvalue weighted by Gasteiger charge is 2.20. The normalized spacial score (nSPS) is 14.8. The molecule has 2 atom stereocenters. The van der Waals surface area contributed by atoms with E-state index in [4.69, 9.17) is 5.11 Å². The first-order valence-corrected chi connectivity index (χ1v) is 8.55. The molecule has 0 radical (unpaired) electrons. The minimum absolute atomic E-state index is 0.0335. The highest BCUT2D eigenvalue weighted by atomic mass is 31.2. The van der Waals surface area contributed by atoms with Crippen LogP contribution in [0.1, 0.15) is 24.0 Å². The van der Waals surface area contributed by atoms with Crippen LogP contribution in [0.25, 0.3) is 0 Å². The van der Waals surface area contributed by atoms with Gasteiger partial charge in [-0.15, -0.1) is 0 Å². The van der Waals surface area contributed by atoms with Crippen molar-refractivity contribution in [1.82, 2.24) is 4.98 Å². The second-order valence-corrected chi connectivity index (χ2v) is 6.93. The highest BCUT2D eigenvalue weighted by Crippen LogP contribution is 2.44. The largest absolute Gasteiger partial charge is 0.481 e. The molecule has 1 heterocycles. The van der Waals surface area contributed by atoms with Crippen molar-refractivity contribution in [2.24, 2.45) is 0 Å². The number of pyridine rings is 1. The van der Waals surface area contributed by atoms with Gasteiger partial charge in [0.1, 0.15) is 5.82 Å². The van der Waals surface area contributed by atoms with E-state index in [0.29, 0.717) is 5.56 Å². The molecule has 116 valence electrons. The highest BCUT2D eigenvalue weighted by molar-refractivity contribution is 7.58. The number of aromatic nitrogens is 1. The van der Waals surface area contributed by atoms with E-state index in [1.807, 2.05) is 6.07 Å². The van der Waals surface area contributed by atoms with Crippen molar-refractivity contribution < 1.29 is 19.4 Å². The number of rotatable bonds is 6. The Balaban J connectivity index is 2.14. The molecule has 0 aliphatic heterocycles. The smallest absolute Gasteiger partial charge is 0.310 e. The third kappa shape index (κ3) is 4.41. The van der Waals surface area contributed by atoms with Crippen molar-refractivity contribution in [2.75, 3.05) is 5.09 Å². The zero-order valence-electron chi connectivity index (χ0n) is 12.0. The molecule has 0 saturated heterocycles. The summed E-state index contributed by atoms with van der Waals surface area (Å²) in [4.78, 5) is 25.0. The molecule has 1 aromatic carbocycles. The van der Waals surface area contributed by atoms with Gasteiger partial charge in [-0.05, 0) is 30.2 Å². The van der Waals surface area contributed by atoms with Gasteiger partial charge in [0.15, 0.2) is 0 Å². The number of benzene rings is 1. The molecule has 0 fully saturated rings. The van der Waals surface area contributed by atoms with Gasteiger partial charge in [-0.2, -0.15) is 0 Å². The van der Waals surface area contributed by atoms with Crippen LogP contribution in [0.3, 0.4) is 0 Å². The van der Waals surface area contributed by atoms with Crippen LogP contribution >= 0.6 is 7.52 Å². The lowest BCUT2D eigenvalue weighted by atomic mass is 10.0. The van der Waals surface area contributed by atoms with Gasteiger partial charge in [-0.3, -0.25) is 14.4 Å². The van der Waals surface area contributed by atoms with Crippen molar-refractivity contribution in [2.45, 2.75) is 19.0 Å². The molecule has 0 aliphatic carbocycles. The van der Waals surface area contributed by atoms with E-state index in [1.165, 1.54) is 12.3 Å². The zero-order chi connectivity index (χ0) is 16.2. The van der Waals surface area contributed by atoms with E-state index < -0.39 is 19.4 Å². The second-order valence-electron chi connectivity index (χ2n) is 4.99. The molecule has 7 heteroatoms. The third-order valence-corrected chi connectivity index (χ3v) is 4.56. The Bertz CT molecular complexity index is 706. The molecule has 2 rings (SSSR count). The Labute approximate surface area is 128 Å². The lowest BCUT2D eigenvalue weighted by Gasteiger charge is -2.15. The van der Waals surface area contributed by atoms with Crippen LogP contribution in [-0.2, 0) is 15.5 Å². The molecular weight excluding hydrogens is 303 g/mol. The van der Waals surface area contributed by atoms with Crippen LogP contribution in [0.5, 0.6) is 0 Å². The fourth-order valence-electron chi connectivity index (χ4n) is 1.97. The van der Waals surface area contributed by atoms with Crippen molar-refractivity contribution >= 4 is 19.3 Å². The van der Waals surface area contributed by atoms with Gasteiger partial charge in [-0.1, -0.05) is 30.3 Å². The number of hydrogen-bond donors (Lipinski definition) is 3. The van der Waals surface area contributed by atoms with E-state index in [0.717, 1.165) is 5.56 Å². The second kappa shape index (κ2) is 6.73. The number of nitrogens with one attached hydrogen (secondary N) is 1. The first-order valence-electron chi connectivity index (χ1n) is 6.70. The minimum Gasteiger partial charge on any atom is -0.481 e. The predicted molar refractivity (Wildman–Crippen MR) is 83.9 cm³/mol. The SMILES string of the molecule is CC(C(=O)O)c1ccnc(NP(=O)(O)Cc2ccccc2)c1. The lowest BCUT2D eigenvalue weighted by Crippen LogP contribution is -2.08. The summed E-state index contributed by atoms with van der Waals surface area (Å²) < 4.78 is 12.3. The maximum absolute atomic E-state index is 12.3. The monoisotopic (exact) mass is 320 g/mol. The van der Waals surface area contributed by atoms with Gasteiger partial charge in [0, 0.05) is 6.20 Å². The molecule has 22 heavy (non-hydrogen) atoms. The number of carboxylic acid groups (broad SMARTS) is 1. The van der Waals surface area contributed by atoms with Crippen molar-refractivity contribution in [1.29, 1.82) is 0 Å². The van der Waals surface area contributed by atoms with Gasteiger partial charge in [-0.25, -0.2) is 4.98 Å². The third-order valence-electron chi connectivity index (χ3n) is 3.18. The number of carboxylic acids is 1. The zero-order valence-corrected chi connectivity index (χ0v) is 12.9. The van der Waals surface area contributed by atoms with Crippen molar-refractivity contribution in [3.63, 3.8) is 0 Å². The predicted octanol–water partition coefficient (Wildman–Crippen LogP) is 3.07. The number of carbonyl (C=O) groups is 1. The molecule has 6 nitrogen and oxygen atoms in total. The molecule has 0 spiro atoms. The Hall–Kier alpha value is -2.17. The van der Waals surface area contributed by atoms with E-state index in [2.05, 4.69) is 10.1 Å². The van der Waals surface area contributed by atoms with Crippen molar-refractivity contribution in [3.05, 3.63) is 59.8 Å². The van der Waals surface area contributed by atoms with E-state index >= 15 is 0 Å². The van der Waals surface area contributed by atoms with Crippen molar-refractivity contribution in [3.8, 4) is 0 Å². The summed E-state index contributed by atoms with van der Waals surface area (Å²) >= 11 is 0. The first kappa shape index (κ1) is 16.2. The lowest BCUT2D eigenvalue weighted by molar-refractivity contribution is -0.138. The van der Waals surface area contributed by atoms with Crippen LogP contribution in [0.2, 0.25) is 0 Å². The Morgan fingerprint density at radius 2 is 2.00 bits per heavy atom. The van der Waals surface area contributed by atoms with Crippen LogP contribution in [-0.4, -0.2) is 21.0 Å². The van der Waals surface area contributed by atoms with Gasteiger partial charge < -0.3 is 10.00 Å². The quantitative estimate of drug-likeness (QED) is 0.707. The van der Waals surface area contributed by atoms with Gasteiger partial charge >= 0.3 is 5.97 Å². The minimum atomic E-state index is -3.67. The molecular formula is C15H17N2O4P. The summed E-state index contributed by atoms with van der Waals surface area (Å²) in [6.07, 6.45) is 1.38. The Morgan fingerprint density at radius 1 is 1.32 bits per heavy atom. The number of hydrogen-bond acceptors (Lipinski definition) is 3. The van der Waals surface area contributed by atoms with Crippen LogP contribution in [0, 0.1) is 0 Å². The molecule has 3 N–H and O–H groups in total. The van der Waals surface area contributed by atoms with E-state index in [1.54, 1.807) is 37.3 Å². The molecule has 1 aromatic heterocycles. The Kier molecular flexibility index (Phi) is 4.96. The summed E-state index contributed by atoms with van der Waals surface area (Å²) in [5.41, 5.74) is 1.25. The molecule has 0 aliphatic rings. The van der Waals surface area contributed by atoms with Crippen LogP contribution < -0.4 is 5.09 Å². The van der Waals surface area contributed by atoms with Gasteiger partial charge in [0.2, 0.25) is 0 Å². The molecule has 0 amide bonds. The van der Waals surface area contributed by atoms with Gasteiger partial charge in [0.05, 0.1) is 12.1 Å². The van der Waals surface area contributed by atoms with Crippen LogP contribution in [0.4, 0.5) is 5.82 Å². The Morgan fingerprint density at radius 3 is 2.64 bits per heavy atom. The molecule has 2 aromatic rings. The standard InChI is InChI=1S/C15H17N2O4P/c1-11(15(18)19)13-7-8-16-14(9-13)17-22(20,21)10-12-5-3-2-4-6-12/h2-9,11H,10H2,1H3,(H,18,19)(H2,16,17,20,21). The maximum atomic E-state index is 12.3. The summed E-state index contributed by atoms with van der Waals surface area (Å²) in [5.74, 6) is -1.49. The topological polar surface area (TPSA) is 99.5 Å². The van der Waals surface area contributed by atoms with E-state index in [-0.39, 0.29) is 12.0 Å². The fraction of sp³-hybridized carbons (Fsp3) is 0.200. The average molecular weight is 320 g/mol. The van der Waals surface area contributed by atoms with Crippen LogP contribution in [0.15, 0.2) is 48.7 Å². The molecule has 0 bridgehead atoms. The first-order chi connectivity index (χ1) is 10.4. The number of nitrogens with zero attached hydrogens (tertiary/aromatic N) is 1.